The third kappa shape index (κ3) is 13.7. The molecule has 4 nitrogen and oxygen atoms in total. The number of amides is 1. The Hall–Kier alpha value is -1.29. The standard InChI is InChI=1S/C19H34N2O2.C2H6/c1-3-4-5-6-7-8-9-10-11-14-20-15-16-21-19(22)18-13-12-17(2)23-18;1-2/h12-13,20H,3-11,14-16H2,1-2H3,(H,21,22);1-2H3. The molecule has 1 aromatic heterocycles. The van der Waals surface area contributed by atoms with E-state index in [1.807, 2.05) is 20.8 Å². The summed E-state index contributed by atoms with van der Waals surface area (Å²) in [6.07, 6.45) is 12.2. The molecule has 0 saturated carbocycles. The topological polar surface area (TPSA) is 54.3 Å². The van der Waals surface area contributed by atoms with E-state index in [1.54, 1.807) is 12.1 Å². The average molecular weight is 353 g/mol. The third-order valence-corrected chi connectivity index (χ3v) is 4.01. The Morgan fingerprint density at radius 2 is 1.48 bits per heavy atom. The van der Waals surface area contributed by atoms with Crippen molar-refractivity contribution in [1.82, 2.24) is 10.6 Å². The molecular formula is C21H40N2O2. The van der Waals surface area contributed by atoms with E-state index in [1.165, 1.54) is 57.8 Å². The summed E-state index contributed by atoms with van der Waals surface area (Å²) in [4.78, 5) is 11.7. The highest BCUT2D eigenvalue weighted by molar-refractivity contribution is 5.91. The van der Waals surface area contributed by atoms with E-state index in [9.17, 15) is 4.79 Å². The molecule has 0 unspecified atom stereocenters. The van der Waals surface area contributed by atoms with Gasteiger partial charge in [0.15, 0.2) is 5.76 Å². The minimum atomic E-state index is -0.136. The van der Waals surface area contributed by atoms with Crippen LogP contribution in [0.1, 0.15) is 94.9 Å². The highest BCUT2D eigenvalue weighted by Crippen LogP contribution is 2.09. The van der Waals surface area contributed by atoms with Crippen LogP contribution in [0.25, 0.3) is 0 Å². The summed E-state index contributed by atoms with van der Waals surface area (Å²) in [7, 11) is 0. The minimum absolute atomic E-state index is 0.136. The Labute approximate surface area is 155 Å². The molecule has 4 heteroatoms. The van der Waals surface area contributed by atoms with Gasteiger partial charge < -0.3 is 15.1 Å². The number of hydrogen-bond acceptors (Lipinski definition) is 3. The van der Waals surface area contributed by atoms with Crippen molar-refractivity contribution in [3.8, 4) is 0 Å². The maximum atomic E-state index is 11.7. The van der Waals surface area contributed by atoms with Crippen molar-refractivity contribution < 1.29 is 9.21 Å². The van der Waals surface area contributed by atoms with E-state index >= 15 is 0 Å². The van der Waals surface area contributed by atoms with Gasteiger partial charge in [0.1, 0.15) is 5.76 Å². The van der Waals surface area contributed by atoms with Crippen molar-refractivity contribution in [2.75, 3.05) is 19.6 Å². The molecule has 25 heavy (non-hydrogen) atoms. The van der Waals surface area contributed by atoms with Crippen molar-refractivity contribution in [3.05, 3.63) is 23.7 Å². The number of hydrogen-bond donors (Lipinski definition) is 2. The van der Waals surface area contributed by atoms with E-state index in [-0.39, 0.29) is 5.91 Å². The van der Waals surface area contributed by atoms with Crippen molar-refractivity contribution >= 4 is 5.91 Å². The maximum Gasteiger partial charge on any atom is 0.287 e. The van der Waals surface area contributed by atoms with E-state index in [2.05, 4.69) is 17.6 Å². The van der Waals surface area contributed by atoms with Crippen LogP contribution in [0.5, 0.6) is 0 Å². The monoisotopic (exact) mass is 352 g/mol. The second-order valence-corrected chi connectivity index (χ2v) is 6.24. The number of rotatable bonds is 14. The molecule has 0 bridgehead atoms. The fourth-order valence-electron chi connectivity index (χ4n) is 2.59. The van der Waals surface area contributed by atoms with Crippen LogP contribution < -0.4 is 10.6 Å². The molecular weight excluding hydrogens is 312 g/mol. The molecule has 1 aromatic rings. The molecule has 0 aliphatic heterocycles. The highest BCUT2D eigenvalue weighted by Gasteiger charge is 2.08. The van der Waals surface area contributed by atoms with E-state index in [0.29, 0.717) is 12.3 Å². The highest BCUT2D eigenvalue weighted by atomic mass is 16.3. The molecule has 0 saturated heterocycles. The smallest absolute Gasteiger partial charge is 0.287 e. The fourth-order valence-corrected chi connectivity index (χ4v) is 2.59. The van der Waals surface area contributed by atoms with Gasteiger partial charge in [-0.15, -0.1) is 0 Å². The van der Waals surface area contributed by atoms with Crippen LogP contribution >= 0.6 is 0 Å². The molecule has 0 aliphatic rings. The number of unbranched alkanes of at least 4 members (excludes halogenated alkanes) is 8. The molecule has 2 N–H and O–H groups in total. The van der Waals surface area contributed by atoms with Gasteiger partial charge in [0.25, 0.3) is 5.91 Å². The third-order valence-electron chi connectivity index (χ3n) is 4.01. The summed E-state index contributed by atoms with van der Waals surface area (Å²) in [6, 6.07) is 3.51. The van der Waals surface area contributed by atoms with Gasteiger partial charge in [-0.25, -0.2) is 0 Å². The normalized spacial score (nSPS) is 10.2. The minimum Gasteiger partial charge on any atom is -0.456 e. The zero-order valence-corrected chi connectivity index (χ0v) is 17.0. The second-order valence-electron chi connectivity index (χ2n) is 6.24. The molecule has 1 amide bonds. The zero-order valence-electron chi connectivity index (χ0n) is 17.0. The van der Waals surface area contributed by atoms with Crippen LogP contribution in [0.3, 0.4) is 0 Å². The summed E-state index contributed by atoms with van der Waals surface area (Å²) in [6.45, 7) is 10.6. The van der Waals surface area contributed by atoms with Crippen molar-refractivity contribution in [1.29, 1.82) is 0 Å². The molecule has 0 atom stereocenters. The van der Waals surface area contributed by atoms with Gasteiger partial charge in [-0.2, -0.15) is 0 Å². The van der Waals surface area contributed by atoms with Gasteiger partial charge in [0.2, 0.25) is 0 Å². The van der Waals surface area contributed by atoms with Crippen LogP contribution in [0.4, 0.5) is 0 Å². The first-order valence-electron chi connectivity index (χ1n) is 10.3. The van der Waals surface area contributed by atoms with E-state index in [0.717, 1.165) is 18.8 Å². The number of furan rings is 1. The van der Waals surface area contributed by atoms with Gasteiger partial charge in [-0.3, -0.25) is 4.79 Å². The first kappa shape index (κ1) is 23.7. The zero-order chi connectivity index (χ0) is 18.8. The first-order valence-corrected chi connectivity index (χ1v) is 10.3. The van der Waals surface area contributed by atoms with Crippen molar-refractivity contribution in [2.45, 2.75) is 85.5 Å². The summed E-state index contributed by atoms with van der Waals surface area (Å²) in [5.74, 6) is 1.02. The van der Waals surface area contributed by atoms with Crippen LogP contribution in [-0.4, -0.2) is 25.5 Å². The molecule has 146 valence electrons. The molecule has 0 aromatic carbocycles. The summed E-state index contributed by atoms with van der Waals surface area (Å²) in [5, 5.41) is 6.22. The lowest BCUT2D eigenvalue weighted by molar-refractivity contribution is 0.0925. The van der Waals surface area contributed by atoms with Gasteiger partial charge in [0, 0.05) is 13.1 Å². The van der Waals surface area contributed by atoms with E-state index in [4.69, 9.17) is 4.42 Å². The summed E-state index contributed by atoms with van der Waals surface area (Å²) < 4.78 is 5.28. The lowest BCUT2D eigenvalue weighted by atomic mass is 10.1. The van der Waals surface area contributed by atoms with E-state index < -0.39 is 0 Å². The Balaban J connectivity index is 0.00000277. The van der Waals surface area contributed by atoms with Gasteiger partial charge >= 0.3 is 0 Å². The number of nitrogens with one attached hydrogen (secondary N) is 2. The molecule has 1 rings (SSSR count). The molecule has 0 fully saturated rings. The Kier molecular flexibility index (Phi) is 16.6. The molecule has 0 radical (unpaired) electrons. The van der Waals surface area contributed by atoms with Crippen LogP contribution in [-0.2, 0) is 0 Å². The van der Waals surface area contributed by atoms with Gasteiger partial charge in [-0.05, 0) is 32.0 Å². The largest absolute Gasteiger partial charge is 0.456 e. The van der Waals surface area contributed by atoms with Crippen molar-refractivity contribution in [2.24, 2.45) is 0 Å². The first-order chi connectivity index (χ1) is 12.2. The Morgan fingerprint density at radius 1 is 0.880 bits per heavy atom. The lowest BCUT2D eigenvalue weighted by Gasteiger charge is -2.06. The number of aryl methyl sites for hydroxylation is 1. The second kappa shape index (κ2) is 17.5. The Morgan fingerprint density at radius 3 is 2.04 bits per heavy atom. The number of carbonyl (C=O) groups is 1. The fraction of sp³-hybridized carbons (Fsp3) is 0.762. The Bertz CT molecular complexity index is 416. The molecule has 0 spiro atoms. The van der Waals surface area contributed by atoms with Crippen LogP contribution in [0.2, 0.25) is 0 Å². The summed E-state index contributed by atoms with van der Waals surface area (Å²) in [5.41, 5.74) is 0. The molecule has 1 heterocycles. The van der Waals surface area contributed by atoms with Gasteiger partial charge in [-0.1, -0.05) is 72.1 Å². The predicted octanol–water partition coefficient (Wildman–Crippen LogP) is 5.46. The average Bonchev–Trinajstić information content (AvgIpc) is 3.07. The molecule has 0 aliphatic carbocycles. The number of carbonyl (C=O) groups excluding carboxylic acids is 1. The van der Waals surface area contributed by atoms with Gasteiger partial charge in [0.05, 0.1) is 0 Å². The summed E-state index contributed by atoms with van der Waals surface area (Å²) >= 11 is 0. The SMILES string of the molecule is CC.CCCCCCCCCCCNCCNC(=O)c1ccc(C)o1. The van der Waals surface area contributed by atoms with Crippen LogP contribution in [0.15, 0.2) is 16.5 Å². The van der Waals surface area contributed by atoms with Crippen LogP contribution in [0, 0.1) is 6.92 Å². The predicted molar refractivity (Wildman–Crippen MR) is 107 cm³/mol. The maximum absolute atomic E-state index is 11.7. The quantitative estimate of drug-likeness (QED) is 0.437. The van der Waals surface area contributed by atoms with Crippen molar-refractivity contribution in [3.63, 3.8) is 0 Å². The lowest BCUT2D eigenvalue weighted by Crippen LogP contribution is -2.32.